The Bertz CT molecular complexity index is 574. The van der Waals surface area contributed by atoms with E-state index in [0.717, 1.165) is 24.2 Å². The zero-order valence-corrected chi connectivity index (χ0v) is 14.1. The Morgan fingerprint density at radius 3 is 2.38 bits per heavy atom. The van der Waals surface area contributed by atoms with Gasteiger partial charge >= 0.3 is 6.03 Å². The number of rotatable bonds is 8. The third-order valence-corrected chi connectivity index (χ3v) is 3.59. The molecule has 0 aliphatic heterocycles. The SMILES string of the molecule is O=C(NCCCc1ccc(O)cc1)NCCOc1ccc(Cl)cc1. The Labute approximate surface area is 146 Å². The number of benzene rings is 2. The maximum Gasteiger partial charge on any atom is 0.314 e. The molecule has 3 N–H and O–H groups in total. The molecule has 0 aromatic heterocycles. The second-order valence-electron chi connectivity index (χ2n) is 5.26. The first-order valence-corrected chi connectivity index (χ1v) is 8.19. The summed E-state index contributed by atoms with van der Waals surface area (Å²) in [6.45, 7) is 1.40. The van der Waals surface area contributed by atoms with Gasteiger partial charge in [-0.05, 0) is 54.8 Å². The van der Waals surface area contributed by atoms with Gasteiger partial charge in [0.05, 0.1) is 6.54 Å². The Hall–Kier alpha value is -2.40. The second-order valence-corrected chi connectivity index (χ2v) is 5.69. The molecule has 6 heteroatoms. The molecule has 5 nitrogen and oxygen atoms in total. The van der Waals surface area contributed by atoms with Crippen LogP contribution in [0.5, 0.6) is 11.5 Å². The quantitative estimate of drug-likeness (QED) is 0.641. The van der Waals surface area contributed by atoms with E-state index in [9.17, 15) is 9.90 Å². The molecule has 0 aliphatic rings. The van der Waals surface area contributed by atoms with E-state index >= 15 is 0 Å². The summed E-state index contributed by atoms with van der Waals surface area (Å²) in [6, 6.07) is 14.0. The number of hydrogen-bond donors (Lipinski definition) is 3. The number of amides is 2. The molecule has 0 radical (unpaired) electrons. The highest BCUT2D eigenvalue weighted by Crippen LogP contribution is 2.15. The van der Waals surface area contributed by atoms with Crippen molar-refractivity contribution in [1.82, 2.24) is 10.6 Å². The predicted octanol–water partition coefficient (Wildman–Crippen LogP) is 3.36. The lowest BCUT2D eigenvalue weighted by Crippen LogP contribution is -2.38. The van der Waals surface area contributed by atoms with Crippen molar-refractivity contribution in [2.45, 2.75) is 12.8 Å². The Balaban J connectivity index is 1.52. The van der Waals surface area contributed by atoms with E-state index in [-0.39, 0.29) is 11.8 Å². The van der Waals surface area contributed by atoms with Crippen molar-refractivity contribution in [3.05, 3.63) is 59.1 Å². The zero-order chi connectivity index (χ0) is 17.2. The highest BCUT2D eigenvalue weighted by atomic mass is 35.5. The number of phenols is 1. The van der Waals surface area contributed by atoms with Crippen LogP contribution in [0.3, 0.4) is 0 Å². The van der Waals surface area contributed by atoms with E-state index in [2.05, 4.69) is 10.6 Å². The summed E-state index contributed by atoms with van der Waals surface area (Å²) in [5.41, 5.74) is 1.13. The van der Waals surface area contributed by atoms with E-state index in [0.29, 0.717) is 24.7 Å². The number of aryl methyl sites for hydroxylation is 1. The van der Waals surface area contributed by atoms with Gasteiger partial charge in [0, 0.05) is 11.6 Å². The smallest absolute Gasteiger partial charge is 0.314 e. The van der Waals surface area contributed by atoms with Crippen LogP contribution in [0.4, 0.5) is 4.79 Å². The van der Waals surface area contributed by atoms with E-state index in [1.165, 1.54) is 0 Å². The molecule has 0 fully saturated rings. The first kappa shape index (κ1) is 17.9. The van der Waals surface area contributed by atoms with Crippen molar-refractivity contribution >= 4 is 17.6 Å². The fourth-order valence-corrected chi connectivity index (χ4v) is 2.21. The second kappa shape index (κ2) is 9.67. The number of aromatic hydroxyl groups is 1. The number of hydrogen-bond acceptors (Lipinski definition) is 3. The average Bonchev–Trinajstić information content (AvgIpc) is 2.59. The minimum Gasteiger partial charge on any atom is -0.508 e. The largest absolute Gasteiger partial charge is 0.508 e. The van der Waals surface area contributed by atoms with Crippen LogP contribution in [0.15, 0.2) is 48.5 Å². The lowest BCUT2D eigenvalue weighted by molar-refractivity contribution is 0.236. The van der Waals surface area contributed by atoms with Crippen LogP contribution >= 0.6 is 11.6 Å². The number of ether oxygens (including phenoxy) is 1. The molecule has 24 heavy (non-hydrogen) atoms. The molecule has 0 aliphatic carbocycles. The number of nitrogens with one attached hydrogen (secondary N) is 2. The molecule has 0 atom stereocenters. The molecule has 0 bridgehead atoms. The molecule has 2 aromatic rings. The van der Waals surface area contributed by atoms with Gasteiger partial charge in [-0.1, -0.05) is 23.7 Å². The molecule has 2 rings (SSSR count). The summed E-state index contributed by atoms with van der Waals surface area (Å²) in [5.74, 6) is 0.979. The van der Waals surface area contributed by atoms with Crippen molar-refractivity contribution in [3.63, 3.8) is 0 Å². The number of carbonyl (C=O) groups is 1. The summed E-state index contributed by atoms with van der Waals surface area (Å²) in [5, 5.41) is 15.4. The van der Waals surface area contributed by atoms with Gasteiger partial charge in [0.1, 0.15) is 18.1 Å². The topological polar surface area (TPSA) is 70.6 Å². The predicted molar refractivity (Wildman–Crippen MR) is 94.8 cm³/mol. The standard InChI is InChI=1S/C18H21ClN2O3/c19-15-5-9-17(10-6-15)24-13-12-21-18(23)20-11-1-2-14-3-7-16(22)8-4-14/h3-10,22H,1-2,11-13H2,(H2,20,21,23). The monoisotopic (exact) mass is 348 g/mol. The molecule has 0 saturated carbocycles. The minimum atomic E-state index is -0.208. The van der Waals surface area contributed by atoms with Crippen LogP contribution in [0.1, 0.15) is 12.0 Å². The van der Waals surface area contributed by atoms with Gasteiger partial charge < -0.3 is 20.5 Å². The highest BCUT2D eigenvalue weighted by Gasteiger charge is 2.00. The van der Waals surface area contributed by atoms with Gasteiger partial charge in [-0.2, -0.15) is 0 Å². The van der Waals surface area contributed by atoms with Crippen molar-refractivity contribution < 1.29 is 14.6 Å². The van der Waals surface area contributed by atoms with Crippen molar-refractivity contribution in [2.75, 3.05) is 19.7 Å². The van der Waals surface area contributed by atoms with Crippen LogP contribution in [0.25, 0.3) is 0 Å². The third kappa shape index (κ3) is 6.79. The molecule has 0 unspecified atom stereocenters. The van der Waals surface area contributed by atoms with Gasteiger partial charge in [0.25, 0.3) is 0 Å². The van der Waals surface area contributed by atoms with E-state index in [1.807, 2.05) is 12.1 Å². The van der Waals surface area contributed by atoms with Gasteiger partial charge in [-0.3, -0.25) is 0 Å². The zero-order valence-electron chi connectivity index (χ0n) is 13.3. The molecule has 2 aromatic carbocycles. The first-order chi connectivity index (χ1) is 11.6. The van der Waals surface area contributed by atoms with Crippen molar-refractivity contribution in [2.24, 2.45) is 0 Å². The highest BCUT2D eigenvalue weighted by molar-refractivity contribution is 6.30. The lowest BCUT2D eigenvalue weighted by atomic mass is 10.1. The van der Waals surface area contributed by atoms with Crippen molar-refractivity contribution in [3.8, 4) is 11.5 Å². The van der Waals surface area contributed by atoms with E-state index < -0.39 is 0 Å². The molecular weight excluding hydrogens is 328 g/mol. The maximum absolute atomic E-state index is 11.6. The summed E-state index contributed by atoms with van der Waals surface area (Å²) >= 11 is 5.79. The summed E-state index contributed by atoms with van der Waals surface area (Å²) < 4.78 is 5.48. The van der Waals surface area contributed by atoms with Gasteiger partial charge in [-0.25, -0.2) is 4.79 Å². The fourth-order valence-electron chi connectivity index (χ4n) is 2.08. The van der Waals surface area contributed by atoms with Crippen LogP contribution in [-0.2, 0) is 6.42 Å². The Morgan fingerprint density at radius 1 is 1.00 bits per heavy atom. The molecule has 128 valence electrons. The summed E-state index contributed by atoms with van der Waals surface area (Å²) in [7, 11) is 0. The molecule has 0 heterocycles. The van der Waals surface area contributed by atoms with Gasteiger partial charge in [0.15, 0.2) is 0 Å². The maximum atomic E-state index is 11.6. The van der Waals surface area contributed by atoms with Crippen LogP contribution < -0.4 is 15.4 Å². The number of phenolic OH excluding ortho intramolecular Hbond substituents is 1. The first-order valence-electron chi connectivity index (χ1n) is 7.81. The van der Waals surface area contributed by atoms with Crippen LogP contribution in [-0.4, -0.2) is 30.8 Å². The number of carbonyl (C=O) groups excluding carboxylic acids is 1. The Kier molecular flexibility index (Phi) is 7.23. The lowest BCUT2D eigenvalue weighted by Gasteiger charge is -2.09. The minimum absolute atomic E-state index is 0.208. The average molecular weight is 349 g/mol. The van der Waals surface area contributed by atoms with Crippen LogP contribution in [0, 0.1) is 0 Å². The van der Waals surface area contributed by atoms with E-state index in [1.54, 1.807) is 36.4 Å². The number of halogens is 1. The third-order valence-electron chi connectivity index (χ3n) is 3.33. The van der Waals surface area contributed by atoms with E-state index in [4.69, 9.17) is 16.3 Å². The van der Waals surface area contributed by atoms with Gasteiger partial charge in [0.2, 0.25) is 0 Å². The number of urea groups is 1. The Morgan fingerprint density at radius 2 is 1.67 bits per heavy atom. The van der Waals surface area contributed by atoms with Gasteiger partial charge in [-0.15, -0.1) is 0 Å². The molecule has 2 amide bonds. The molecule has 0 saturated heterocycles. The molecular formula is C18H21ClN2O3. The van der Waals surface area contributed by atoms with Crippen LogP contribution in [0.2, 0.25) is 5.02 Å². The summed E-state index contributed by atoms with van der Waals surface area (Å²) in [4.78, 5) is 11.6. The molecule has 0 spiro atoms. The summed E-state index contributed by atoms with van der Waals surface area (Å²) in [6.07, 6.45) is 1.68. The fraction of sp³-hybridized carbons (Fsp3) is 0.278. The van der Waals surface area contributed by atoms with Crippen molar-refractivity contribution in [1.29, 1.82) is 0 Å². The normalized spacial score (nSPS) is 10.2.